The highest BCUT2D eigenvalue weighted by Crippen LogP contribution is 2.40. The molecule has 0 saturated heterocycles. The Kier molecular flexibility index (Phi) is 4.78. The fraction of sp³-hybridized carbons (Fsp3) is 0.350. The second-order valence-corrected chi connectivity index (χ2v) is 7.79. The highest BCUT2D eigenvalue weighted by molar-refractivity contribution is 7.19. The molecule has 1 aliphatic carbocycles. The van der Waals surface area contributed by atoms with E-state index in [0.29, 0.717) is 24.5 Å². The summed E-state index contributed by atoms with van der Waals surface area (Å²) in [5.41, 5.74) is 2.41. The van der Waals surface area contributed by atoms with Crippen LogP contribution in [0.25, 0.3) is 10.2 Å². The number of halogens is 1. The molecule has 140 valence electrons. The van der Waals surface area contributed by atoms with E-state index in [2.05, 4.69) is 15.3 Å². The lowest BCUT2D eigenvalue weighted by Gasteiger charge is -2.20. The van der Waals surface area contributed by atoms with Gasteiger partial charge in [0.1, 0.15) is 22.8 Å². The molecule has 1 aromatic carbocycles. The normalized spacial score (nSPS) is 16.2. The standard InChI is InChI=1S/C20H20FN3O2S/c1-3-26-20(25)12-5-6-13-16(9-12)27-19-17(13)18(22-10-23-19)24-15-7-4-11(2)8-14(15)21/h4,7-8,10,12H,3,5-6,9H2,1-2H3,(H,22,23,24). The van der Waals surface area contributed by atoms with Crippen LogP contribution in [0.3, 0.4) is 0 Å². The summed E-state index contributed by atoms with van der Waals surface area (Å²) in [7, 11) is 0. The summed E-state index contributed by atoms with van der Waals surface area (Å²) in [6.45, 7) is 4.07. The Labute approximate surface area is 160 Å². The van der Waals surface area contributed by atoms with E-state index in [1.54, 1.807) is 17.4 Å². The van der Waals surface area contributed by atoms with E-state index in [0.717, 1.165) is 39.1 Å². The van der Waals surface area contributed by atoms with Gasteiger partial charge in [-0.1, -0.05) is 6.07 Å². The average Bonchev–Trinajstić information content (AvgIpc) is 3.02. The molecule has 0 fully saturated rings. The summed E-state index contributed by atoms with van der Waals surface area (Å²) in [6.07, 6.45) is 3.65. The largest absolute Gasteiger partial charge is 0.466 e. The number of aromatic nitrogens is 2. The molecule has 7 heteroatoms. The molecule has 1 N–H and O–H groups in total. The molecule has 0 radical (unpaired) electrons. The monoisotopic (exact) mass is 385 g/mol. The summed E-state index contributed by atoms with van der Waals surface area (Å²) in [4.78, 5) is 22.8. The summed E-state index contributed by atoms with van der Waals surface area (Å²) in [6, 6.07) is 5.07. The van der Waals surface area contributed by atoms with Crippen molar-refractivity contribution in [2.24, 2.45) is 5.92 Å². The van der Waals surface area contributed by atoms with Crippen LogP contribution < -0.4 is 5.32 Å². The van der Waals surface area contributed by atoms with Gasteiger partial charge in [0.2, 0.25) is 0 Å². The smallest absolute Gasteiger partial charge is 0.309 e. The number of aryl methyl sites for hydroxylation is 2. The molecular weight excluding hydrogens is 365 g/mol. The first kappa shape index (κ1) is 17.9. The Balaban J connectivity index is 1.69. The van der Waals surface area contributed by atoms with E-state index < -0.39 is 0 Å². The minimum atomic E-state index is -0.312. The van der Waals surface area contributed by atoms with Crippen molar-refractivity contribution < 1.29 is 13.9 Å². The van der Waals surface area contributed by atoms with Gasteiger partial charge in [0.15, 0.2) is 0 Å². The van der Waals surface area contributed by atoms with Crippen molar-refractivity contribution in [2.45, 2.75) is 33.1 Å². The van der Waals surface area contributed by atoms with Crippen molar-refractivity contribution in [3.8, 4) is 0 Å². The number of nitrogens with zero attached hydrogens (tertiary/aromatic N) is 2. The lowest BCUT2D eigenvalue weighted by Crippen LogP contribution is -2.23. The van der Waals surface area contributed by atoms with Gasteiger partial charge in [-0.2, -0.15) is 0 Å². The van der Waals surface area contributed by atoms with E-state index in [1.165, 1.54) is 12.4 Å². The molecule has 1 atom stereocenters. The maximum atomic E-state index is 14.3. The molecule has 0 spiro atoms. The highest BCUT2D eigenvalue weighted by atomic mass is 32.1. The fourth-order valence-electron chi connectivity index (χ4n) is 3.52. The molecule has 0 saturated carbocycles. The van der Waals surface area contributed by atoms with Crippen LogP contribution in [0.2, 0.25) is 0 Å². The van der Waals surface area contributed by atoms with E-state index in [9.17, 15) is 9.18 Å². The number of fused-ring (bicyclic) bond motifs is 3. The third kappa shape index (κ3) is 3.39. The Morgan fingerprint density at radius 2 is 2.26 bits per heavy atom. The lowest BCUT2D eigenvalue weighted by molar-refractivity contribution is -0.148. The van der Waals surface area contributed by atoms with Crippen LogP contribution >= 0.6 is 11.3 Å². The number of rotatable bonds is 4. The van der Waals surface area contributed by atoms with Crippen molar-refractivity contribution in [1.82, 2.24) is 9.97 Å². The SMILES string of the molecule is CCOC(=O)C1CCc2c(sc3ncnc(Nc4ccc(C)cc4F)c23)C1. The van der Waals surface area contributed by atoms with Crippen molar-refractivity contribution in [3.63, 3.8) is 0 Å². The zero-order chi connectivity index (χ0) is 19.0. The number of carbonyl (C=O) groups is 1. The van der Waals surface area contributed by atoms with E-state index in [4.69, 9.17) is 4.74 Å². The molecular formula is C20H20FN3O2S. The number of thiophene rings is 1. The third-order valence-electron chi connectivity index (χ3n) is 4.84. The Hall–Kier alpha value is -2.54. The number of nitrogens with one attached hydrogen (secondary N) is 1. The quantitative estimate of drug-likeness (QED) is 0.668. The molecule has 27 heavy (non-hydrogen) atoms. The first-order valence-corrected chi connectivity index (χ1v) is 9.83. The maximum absolute atomic E-state index is 14.3. The van der Waals surface area contributed by atoms with Crippen molar-refractivity contribution >= 4 is 39.0 Å². The van der Waals surface area contributed by atoms with Crippen LogP contribution in [-0.2, 0) is 22.4 Å². The number of carbonyl (C=O) groups excluding carboxylic acids is 1. The van der Waals surface area contributed by atoms with Gasteiger partial charge in [-0.05, 0) is 56.4 Å². The van der Waals surface area contributed by atoms with Gasteiger partial charge in [-0.3, -0.25) is 4.79 Å². The molecule has 0 bridgehead atoms. The zero-order valence-corrected chi connectivity index (χ0v) is 16.0. The van der Waals surface area contributed by atoms with Gasteiger partial charge in [-0.25, -0.2) is 14.4 Å². The molecule has 0 aliphatic heterocycles. The topological polar surface area (TPSA) is 64.1 Å². The molecule has 3 aromatic rings. The number of hydrogen-bond donors (Lipinski definition) is 1. The maximum Gasteiger partial charge on any atom is 0.309 e. The molecule has 1 aliphatic rings. The lowest BCUT2D eigenvalue weighted by atomic mass is 9.88. The van der Waals surface area contributed by atoms with Gasteiger partial charge in [0.05, 0.1) is 23.6 Å². The second kappa shape index (κ2) is 7.23. The van der Waals surface area contributed by atoms with E-state index in [-0.39, 0.29) is 17.7 Å². The minimum Gasteiger partial charge on any atom is -0.466 e. The first-order valence-electron chi connectivity index (χ1n) is 9.02. The van der Waals surface area contributed by atoms with Crippen LogP contribution in [0.5, 0.6) is 0 Å². The molecule has 2 aromatic heterocycles. The van der Waals surface area contributed by atoms with E-state index >= 15 is 0 Å². The Morgan fingerprint density at radius 3 is 3.04 bits per heavy atom. The summed E-state index contributed by atoms with van der Waals surface area (Å²) >= 11 is 1.58. The molecule has 2 heterocycles. The van der Waals surface area contributed by atoms with Crippen molar-refractivity contribution in [2.75, 3.05) is 11.9 Å². The first-order chi connectivity index (χ1) is 13.1. The van der Waals surface area contributed by atoms with Crippen molar-refractivity contribution in [1.29, 1.82) is 0 Å². The molecule has 4 rings (SSSR count). The van der Waals surface area contributed by atoms with Crippen LogP contribution in [0.15, 0.2) is 24.5 Å². The Bertz CT molecular complexity index is 1020. The van der Waals surface area contributed by atoms with E-state index in [1.807, 2.05) is 19.9 Å². The number of benzene rings is 1. The summed E-state index contributed by atoms with van der Waals surface area (Å²) in [5.74, 6) is 0.0549. The zero-order valence-electron chi connectivity index (χ0n) is 15.2. The third-order valence-corrected chi connectivity index (χ3v) is 6.01. The predicted octanol–water partition coefficient (Wildman–Crippen LogP) is 4.55. The van der Waals surface area contributed by atoms with Gasteiger partial charge in [0.25, 0.3) is 0 Å². The van der Waals surface area contributed by atoms with Gasteiger partial charge in [-0.15, -0.1) is 11.3 Å². The van der Waals surface area contributed by atoms with Gasteiger partial charge in [0, 0.05) is 4.88 Å². The Morgan fingerprint density at radius 1 is 1.41 bits per heavy atom. The van der Waals surface area contributed by atoms with Crippen LogP contribution in [0.4, 0.5) is 15.9 Å². The predicted molar refractivity (Wildman–Crippen MR) is 104 cm³/mol. The molecule has 1 unspecified atom stereocenters. The van der Waals surface area contributed by atoms with Gasteiger partial charge >= 0.3 is 5.97 Å². The number of anilines is 2. The summed E-state index contributed by atoms with van der Waals surface area (Å²) < 4.78 is 19.4. The number of esters is 1. The fourth-order valence-corrected chi connectivity index (χ4v) is 4.78. The molecule has 0 amide bonds. The van der Waals surface area contributed by atoms with Crippen LogP contribution in [0.1, 0.15) is 29.3 Å². The van der Waals surface area contributed by atoms with Crippen molar-refractivity contribution in [3.05, 3.63) is 46.3 Å². The van der Waals surface area contributed by atoms with Crippen LogP contribution in [0, 0.1) is 18.7 Å². The second-order valence-electron chi connectivity index (χ2n) is 6.71. The average molecular weight is 385 g/mol. The summed E-state index contributed by atoms with van der Waals surface area (Å²) in [5, 5.41) is 4.05. The highest BCUT2D eigenvalue weighted by Gasteiger charge is 2.30. The minimum absolute atomic E-state index is 0.107. The van der Waals surface area contributed by atoms with Gasteiger partial charge < -0.3 is 10.1 Å². The number of hydrogen-bond acceptors (Lipinski definition) is 6. The molecule has 5 nitrogen and oxygen atoms in total. The number of ether oxygens (including phenoxy) is 1. The van der Waals surface area contributed by atoms with Crippen LogP contribution in [-0.4, -0.2) is 22.5 Å².